The van der Waals surface area contributed by atoms with Crippen LogP contribution in [0.15, 0.2) is 65.8 Å². The average Bonchev–Trinajstić information content (AvgIpc) is 3.17. The molecule has 5 rings (SSSR count). The van der Waals surface area contributed by atoms with E-state index in [0.29, 0.717) is 5.92 Å². The van der Waals surface area contributed by atoms with Crippen molar-refractivity contribution < 1.29 is 0 Å². The Labute approximate surface area is 123 Å². The van der Waals surface area contributed by atoms with Gasteiger partial charge in [-0.25, -0.2) is 0 Å². The lowest BCUT2D eigenvalue weighted by atomic mass is 10.1. The molecule has 1 unspecified atom stereocenters. The SMILES string of the molecule is c1ccc(N2CC3Cn4c(cc5ccccc54)C3=N2)cc1. The molecule has 0 saturated carbocycles. The van der Waals surface area contributed by atoms with Gasteiger partial charge in [-0.1, -0.05) is 36.4 Å². The summed E-state index contributed by atoms with van der Waals surface area (Å²) in [4.78, 5) is 0. The number of benzene rings is 2. The van der Waals surface area contributed by atoms with Crippen molar-refractivity contribution in [2.24, 2.45) is 11.0 Å². The molecule has 1 atom stereocenters. The van der Waals surface area contributed by atoms with E-state index in [4.69, 9.17) is 5.10 Å². The third kappa shape index (κ3) is 1.51. The maximum Gasteiger partial charge on any atom is 0.0913 e. The molecule has 2 aliphatic rings. The number of aromatic nitrogens is 1. The minimum Gasteiger partial charge on any atom is -0.339 e. The Bertz CT molecular complexity index is 861. The van der Waals surface area contributed by atoms with Crippen LogP contribution >= 0.6 is 0 Å². The van der Waals surface area contributed by atoms with Gasteiger partial charge in [-0.15, -0.1) is 0 Å². The van der Waals surface area contributed by atoms with E-state index in [-0.39, 0.29) is 0 Å². The Hall–Kier alpha value is -2.55. The molecule has 3 aromatic rings. The average molecular weight is 273 g/mol. The fraction of sp³-hybridized carbons (Fsp3) is 0.167. The Morgan fingerprint density at radius 1 is 0.905 bits per heavy atom. The zero-order valence-corrected chi connectivity index (χ0v) is 11.6. The van der Waals surface area contributed by atoms with Crippen molar-refractivity contribution in [3.63, 3.8) is 0 Å². The molecule has 0 bridgehead atoms. The highest BCUT2D eigenvalue weighted by molar-refractivity contribution is 6.08. The van der Waals surface area contributed by atoms with Crippen molar-refractivity contribution in [1.82, 2.24) is 4.57 Å². The smallest absolute Gasteiger partial charge is 0.0913 e. The summed E-state index contributed by atoms with van der Waals surface area (Å²) in [6.07, 6.45) is 0. The van der Waals surface area contributed by atoms with Gasteiger partial charge in [0, 0.05) is 23.4 Å². The predicted molar refractivity (Wildman–Crippen MR) is 85.8 cm³/mol. The fourth-order valence-corrected chi connectivity index (χ4v) is 3.56. The number of hydrazone groups is 1. The Balaban J connectivity index is 1.62. The Morgan fingerprint density at radius 3 is 2.62 bits per heavy atom. The van der Waals surface area contributed by atoms with Crippen molar-refractivity contribution in [1.29, 1.82) is 0 Å². The molecule has 2 aromatic carbocycles. The Morgan fingerprint density at radius 2 is 1.71 bits per heavy atom. The van der Waals surface area contributed by atoms with Gasteiger partial charge in [0.05, 0.1) is 23.6 Å². The fourth-order valence-electron chi connectivity index (χ4n) is 3.56. The van der Waals surface area contributed by atoms with Crippen molar-refractivity contribution in [2.75, 3.05) is 11.6 Å². The first-order valence-electron chi connectivity index (χ1n) is 7.40. The molecule has 0 N–H and O–H groups in total. The van der Waals surface area contributed by atoms with Gasteiger partial charge < -0.3 is 4.57 Å². The molecule has 2 aliphatic heterocycles. The lowest BCUT2D eigenvalue weighted by Crippen LogP contribution is -2.19. The minimum absolute atomic E-state index is 0.518. The molecular formula is C18H15N3. The third-order valence-corrected chi connectivity index (χ3v) is 4.54. The first-order chi connectivity index (χ1) is 10.4. The van der Waals surface area contributed by atoms with Crippen molar-refractivity contribution in [3.05, 3.63) is 66.4 Å². The van der Waals surface area contributed by atoms with Crippen LogP contribution < -0.4 is 5.01 Å². The number of para-hydroxylation sites is 2. The highest BCUT2D eigenvalue weighted by Crippen LogP contribution is 2.34. The first kappa shape index (κ1) is 11.1. The van der Waals surface area contributed by atoms with Crippen LogP contribution in [0.25, 0.3) is 10.9 Å². The molecule has 3 heterocycles. The molecule has 0 spiro atoms. The van der Waals surface area contributed by atoms with Gasteiger partial charge in [0.15, 0.2) is 0 Å². The maximum absolute atomic E-state index is 4.89. The van der Waals surface area contributed by atoms with E-state index < -0.39 is 0 Å². The normalized spacial score (nSPS) is 19.7. The summed E-state index contributed by atoms with van der Waals surface area (Å²) in [5.74, 6) is 0.518. The van der Waals surface area contributed by atoms with Gasteiger partial charge >= 0.3 is 0 Å². The first-order valence-corrected chi connectivity index (χ1v) is 7.40. The predicted octanol–water partition coefficient (Wildman–Crippen LogP) is 3.50. The van der Waals surface area contributed by atoms with Crippen LogP contribution in [0.4, 0.5) is 5.69 Å². The largest absolute Gasteiger partial charge is 0.339 e. The van der Waals surface area contributed by atoms with E-state index in [1.165, 1.54) is 28.0 Å². The van der Waals surface area contributed by atoms with E-state index >= 15 is 0 Å². The zero-order chi connectivity index (χ0) is 13.8. The molecule has 0 saturated heterocycles. The van der Waals surface area contributed by atoms with Crippen LogP contribution in [-0.4, -0.2) is 16.8 Å². The van der Waals surface area contributed by atoms with Crippen molar-refractivity contribution in [2.45, 2.75) is 6.54 Å². The van der Waals surface area contributed by atoms with Gasteiger partial charge in [-0.05, 0) is 24.3 Å². The molecule has 1 aromatic heterocycles. The van der Waals surface area contributed by atoms with E-state index in [9.17, 15) is 0 Å². The number of hydrogen-bond acceptors (Lipinski definition) is 2. The number of rotatable bonds is 1. The van der Waals surface area contributed by atoms with Crippen LogP contribution in [0.2, 0.25) is 0 Å². The molecule has 0 amide bonds. The van der Waals surface area contributed by atoms with E-state index in [1.54, 1.807) is 0 Å². The zero-order valence-electron chi connectivity index (χ0n) is 11.6. The standard InChI is InChI=1S/C18H15N3/c1-2-7-15(8-3-1)21-12-14-11-20-16-9-5-4-6-13(16)10-17(20)18(14)19-21/h1-10,14H,11-12H2. The highest BCUT2D eigenvalue weighted by Gasteiger charge is 2.36. The monoisotopic (exact) mass is 273 g/mol. The molecule has 0 aliphatic carbocycles. The molecule has 3 nitrogen and oxygen atoms in total. The molecule has 0 radical (unpaired) electrons. The van der Waals surface area contributed by atoms with Gasteiger partial charge in [-0.3, -0.25) is 5.01 Å². The molecule has 3 heteroatoms. The van der Waals surface area contributed by atoms with Crippen LogP contribution in [0, 0.1) is 5.92 Å². The Kier molecular flexibility index (Phi) is 2.11. The third-order valence-electron chi connectivity index (χ3n) is 4.54. The van der Waals surface area contributed by atoms with E-state index in [2.05, 4.69) is 64.2 Å². The summed E-state index contributed by atoms with van der Waals surface area (Å²) in [5.41, 5.74) is 5.05. The topological polar surface area (TPSA) is 20.5 Å². The highest BCUT2D eigenvalue weighted by atomic mass is 15.5. The molecule has 102 valence electrons. The van der Waals surface area contributed by atoms with Gasteiger partial charge in [0.2, 0.25) is 0 Å². The number of fused-ring (bicyclic) bond motifs is 5. The maximum atomic E-state index is 4.89. The second kappa shape index (κ2) is 3.98. The van der Waals surface area contributed by atoms with Crippen LogP contribution in [0.3, 0.4) is 0 Å². The summed E-state index contributed by atoms with van der Waals surface area (Å²) in [6.45, 7) is 2.03. The van der Waals surface area contributed by atoms with Gasteiger partial charge in [0.1, 0.15) is 0 Å². The second-order valence-electron chi connectivity index (χ2n) is 5.80. The van der Waals surface area contributed by atoms with Crippen LogP contribution in [0.1, 0.15) is 5.69 Å². The number of hydrogen-bond donors (Lipinski definition) is 0. The van der Waals surface area contributed by atoms with Gasteiger partial charge in [-0.2, -0.15) is 5.10 Å². The lowest BCUT2D eigenvalue weighted by molar-refractivity contribution is 0.618. The summed E-state index contributed by atoms with van der Waals surface area (Å²) in [6, 6.07) is 21.3. The summed E-state index contributed by atoms with van der Waals surface area (Å²) in [5, 5.41) is 8.34. The van der Waals surface area contributed by atoms with Crippen LogP contribution in [-0.2, 0) is 6.54 Å². The van der Waals surface area contributed by atoms with Gasteiger partial charge in [0.25, 0.3) is 0 Å². The summed E-state index contributed by atoms with van der Waals surface area (Å²) in [7, 11) is 0. The summed E-state index contributed by atoms with van der Waals surface area (Å²) >= 11 is 0. The molecule has 21 heavy (non-hydrogen) atoms. The molecular weight excluding hydrogens is 258 g/mol. The number of nitrogens with zero attached hydrogens (tertiary/aromatic N) is 3. The minimum atomic E-state index is 0.518. The quantitative estimate of drug-likeness (QED) is 0.664. The molecule has 0 fully saturated rings. The lowest BCUT2D eigenvalue weighted by Gasteiger charge is -2.15. The number of anilines is 1. The van der Waals surface area contributed by atoms with Crippen LogP contribution in [0.5, 0.6) is 0 Å². The van der Waals surface area contributed by atoms with Crippen molar-refractivity contribution in [3.8, 4) is 0 Å². The van der Waals surface area contributed by atoms with E-state index in [1.807, 2.05) is 6.07 Å². The second-order valence-corrected chi connectivity index (χ2v) is 5.80. The van der Waals surface area contributed by atoms with Crippen molar-refractivity contribution >= 4 is 22.3 Å². The summed E-state index contributed by atoms with van der Waals surface area (Å²) < 4.78 is 2.42. The van der Waals surface area contributed by atoms with E-state index in [0.717, 1.165) is 13.1 Å².